The monoisotopic (exact) mass is 434 g/mol. The van der Waals surface area contributed by atoms with Crippen LogP contribution in [0.1, 0.15) is 67.2 Å². The minimum absolute atomic E-state index is 0.0625. The summed E-state index contributed by atoms with van der Waals surface area (Å²) in [5, 5.41) is 16.7. The number of allylic oxidation sites excluding steroid dienone is 4. The number of aliphatic hydroxyl groups is 2. The van der Waals surface area contributed by atoms with Gasteiger partial charge in [0.2, 0.25) is 0 Å². The Morgan fingerprint density at radius 3 is 1.22 bits per heavy atom. The van der Waals surface area contributed by atoms with E-state index in [9.17, 15) is 9.59 Å². The van der Waals surface area contributed by atoms with Crippen molar-refractivity contribution in [1.82, 2.24) is 0 Å². The minimum atomic E-state index is -0.125. The first-order valence-corrected chi connectivity index (χ1v) is 12.2. The summed E-state index contributed by atoms with van der Waals surface area (Å²) in [6, 6.07) is 0. The Labute approximate surface area is 152 Å². The van der Waals surface area contributed by atoms with Gasteiger partial charge < -0.3 is 10.2 Å². The van der Waals surface area contributed by atoms with Crippen molar-refractivity contribution in [3.8, 4) is 0 Å². The van der Waals surface area contributed by atoms with E-state index < -0.39 is 0 Å². The molecule has 134 valence electrons. The van der Waals surface area contributed by atoms with Gasteiger partial charge in [-0.05, 0) is 27.7 Å². The molecule has 0 aliphatic rings. The molecule has 0 fully saturated rings. The predicted molar refractivity (Wildman–Crippen MR) is 99.3 cm³/mol. The fraction of sp³-hybridized carbons (Fsp3) is 0.667. The molecule has 0 aliphatic carbocycles. The Hall–Kier alpha value is -0.781. The van der Waals surface area contributed by atoms with Gasteiger partial charge in [0.25, 0.3) is 0 Å². The molecule has 0 bridgehead atoms. The van der Waals surface area contributed by atoms with Crippen LogP contribution in [-0.4, -0.2) is 42.9 Å². The zero-order chi connectivity index (χ0) is 18.7. The van der Waals surface area contributed by atoms with E-state index in [2.05, 4.69) is 13.8 Å². The van der Waals surface area contributed by atoms with Gasteiger partial charge in [-0.15, -0.1) is 0 Å². The predicted octanol–water partition coefficient (Wildman–Crippen LogP) is 5.20. The van der Waals surface area contributed by atoms with E-state index in [1.54, 1.807) is 8.87 Å². The van der Waals surface area contributed by atoms with Crippen LogP contribution in [0, 0.1) is 0 Å². The molecule has 0 amide bonds. The van der Waals surface area contributed by atoms with Crippen LogP contribution in [0.5, 0.6) is 0 Å². The molecule has 0 aromatic rings. The van der Waals surface area contributed by atoms with Gasteiger partial charge in [0.1, 0.15) is 0 Å². The average Bonchev–Trinajstić information content (AvgIpc) is 2.36. The topological polar surface area (TPSA) is 74.6 Å². The third-order valence-electron chi connectivity index (χ3n) is 2.24. The van der Waals surface area contributed by atoms with Crippen molar-refractivity contribution in [2.75, 3.05) is 0 Å². The second kappa shape index (κ2) is 21.2. The SMILES string of the molecule is CC(=O)C=C(C)O.CC(=O)C=C(C)O.CCC[CH2][Sn][CH2]CCC. The molecule has 0 heterocycles. The summed E-state index contributed by atoms with van der Waals surface area (Å²) in [7, 11) is 0. The van der Waals surface area contributed by atoms with Crippen molar-refractivity contribution in [3.05, 3.63) is 23.7 Å². The number of carbonyl (C=O) groups is 2. The van der Waals surface area contributed by atoms with Gasteiger partial charge in [-0.25, -0.2) is 0 Å². The summed E-state index contributed by atoms with van der Waals surface area (Å²) in [6.45, 7) is 10.3. The Kier molecular flexibility index (Phi) is 25.0. The number of carbonyl (C=O) groups excluding carboxylic acids is 2. The Morgan fingerprint density at radius 2 is 1.09 bits per heavy atom. The van der Waals surface area contributed by atoms with Gasteiger partial charge in [0, 0.05) is 12.2 Å². The summed E-state index contributed by atoms with van der Waals surface area (Å²) in [4.78, 5) is 20.0. The summed E-state index contributed by atoms with van der Waals surface area (Å²) in [6.07, 6.45) is 8.17. The molecule has 0 spiro atoms. The third-order valence-corrected chi connectivity index (χ3v) is 6.27. The van der Waals surface area contributed by atoms with Crippen LogP contribution in [0.25, 0.3) is 0 Å². The maximum atomic E-state index is 10.0. The van der Waals surface area contributed by atoms with Gasteiger partial charge in [-0.1, -0.05) is 0 Å². The van der Waals surface area contributed by atoms with Gasteiger partial charge >= 0.3 is 69.5 Å². The molecule has 23 heavy (non-hydrogen) atoms. The summed E-state index contributed by atoms with van der Waals surface area (Å²) in [5.41, 5.74) is 0. The summed E-state index contributed by atoms with van der Waals surface area (Å²) < 4.78 is 3.25. The van der Waals surface area contributed by atoms with E-state index in [4.69, 9.17) is 10.2 Å². The number of rotatable bonds is 8. The van der Waals surface area contributed by atoms with Gasteiger partial charge in [0.15, 0.2) is 11.6 Å². The second-order valence-electron chi connectivity index (χ2n) is 5.25. The van der Waals surface area contributed by atoms with Crippen molar-refractivity contribution in [2.45, 2.75) is 76.1 Å². The van der Waals surface area contributed by atoms with E-state index in [1.807, 2.05) is 0 Å². The van der Waals surface area contributed by atoms with E-state index >= 15 is 0 Å². The Bertz CT molecular complexity index is 318. The normalized spacial score (nSPS) is 10.9. The average molecular weight is 433 g/mol. The summed E-state index contributed by atoms with van der Waals surface area (Å²) in [5.74, 6) is -0.125. The summed E-state index contributed by atoms with van der Waals surface area (Å²) >= 11 is 0.149. The Morgan fingerprint density at radius 1 is 0.783 bits per heavy atom. The molecular formula is C18H34O4Sn. The molecule has 0 atom stereocenters. The van der Waals surface area contributed by atoms with Crippen LogP contribution in [0.3, 0.4) is 0 Å². The molecular weight excluding hydrogens is 399 g/mol. The quantitative estimate of drug-likeness (QED) is 0.239. The van der Waals surface area contributed by atoms with Crippen LogP contribution >= 0.6 is 0 Å². The van der Waals surface area contributed by atoms with Crippen molar-refractivity contribution in [3.63, 3.8) is 0 Å². The molecule has 0 rings (SSSR count). The van der Waals surface area contributed by atoms with E-state index in [0.29, 0.717) is 0 Å². The third kappa shape index (κ3) is 44.9. The molecule has 0 aliphatic heterocycles. The number of aliphatic hydroxyl groups excluding tert-OH is 2. The molecule has 4 nitrogen and oxygen atoms in total. The molecule has 0 aromatic carbocycles. The van der Waals surface area contributed by atoms with E-state index in [-0.39, 0.29) is 44.2 Å². The zero-order valence-corrected chi connectivity index (χ0v) is 18.5. The zero-order valence-electron chi connectivity index (χ0n) is 15.6. The first-order valence-electron chi connectivity index (χ1n) is 8.13. The van der Waals surface area contributed by atoms with Crippen molar-refractivity contribution < 1.29 is 19.8 Å². The maximum absolute atomic E-state index is 10.0. The van der Waals surface area contributed by atoms with E-state index in [1.165, 1.54) is 65.5 Å². The number of hydrogen-bond acceptors (Lipinski definition) is 4. The first-order chi connectivity index (χ1) is 10.7. The van der Waals surface area contributed by atoms with Gasteiger partial charge in [-0.3, -0.25) is 9.59 Å². The fourth-order valence-electron chi connectivity index (χ4n) is 1.32. The van der Waals surface area contributed by atoms with Crippen LogP contribution < -0.4 is 0 Å². The molecule has 2 radical (unpaired) electrons. The van der Waals surface area contributed by atoms with Crippen LogP contribution in [-0.2, 0) is 9.59 Å². The molecule has 2 N–H and O–H groups in total. The van der Waals surface area contributed by atoms with E-state index in [0.717, 1.165) is 0 Å². The van der Waals surface area contributed by atoms with Crippen molar-refractivity contribution >= 4 is 32.7 Å². The van der Waals surface area contributed by atoms with Crippen molar-refractivity contribution in [1.29, 1.82) is 0 Å². The Balaban J connectivity index is -0.000000264. The van der Waals surface area contributed by atoms with Crippen molar-refractivity contribution in [2.24, 2.45) is 0 Å². The first kappa shape index (κ1) is 27.1. The van der Waals surface area contributed by atoms with Gasteiger partial charge in [0.05, 0.1) is 11.5 Å². The number of unbranched alkanes of at least 4 members (excludes halogenated alkanes) is 2. The molecule has 5 heteroatoms. The standard InChI is InChI=1S/2C5H8O2.2C4H9.Sn/c2*1-4(6)3-5(2)7;2*1-3-4-2;/h2*3,6H,1-2H3;2*1,3-4H2,2H3;. The molecule has 0 saturated carbocycles. The number of hydrogen-bond donors (Lipinski definition) is 2. The molecule has 0 unspecified atom stereocenters. The molecule has 0 saturated heterocycles. The van der Waals surface area contributed by atoms with Crippen LogP contribution in [0.2, 0.25) is 8.87 Å². The van der Waals surface area contributed by atoms with Gasteiger partial charge in [-0.2, -0.15) is 0 Å². The number of ketones is 2. The van der Waals surface area contributed by atoms with Crippen LogP contribution in [0.15, 0.2) is 23.7 Å². The molecule has 0 aromatic heterocycles. The van der Waals surface area contributed by atoms with Crippen LogP contribution in [0.4, 0.5) is 0 Å². The fourth-order valence-corrected chi connectivity index (χ4v) is 5.48. The second-order valence-corrected chi connectivity index (χ2v) is 9.53.